The van der Waals surface area contributed by atoms with Crippen LogP contribution in [0.5, 0.6) is 0 Å². The summed E-state index contributed by atoms with van der Waals surface area (Å²) in [5, 5.41) is 2.87. The minimum atomic E-state index is -4.57. The lowest BCUT2D eigenvalue weighted by Gasteiger charge is -2.20. The van der Waals surface area contributed by atoms with Crippen LogP contribution in [0.1, 0.15) is 12.0 Å². The van der Waals surface area contributed by atoms with Crippen molar-refractivity contribution in [1.82, 2.24) is 4.98 Å². The molecule has 1 aromatic heterocycles. The van der Waals surface area contributed by atoms with Gasteiger partial charge < -0.3 is 20.2 Å². The van der Waals surface area contributed by atoms with Gasteiger partial charge in [-0.25, -0.2) is 4.98 Å². The highest BCUT2D eigenvalue weighted by Crippen LogP contribution is 2.41. The number of halogens is 3. The minimum absolute atomic E-state index is 0.0102. The lowest BCUT2D eigenvalue weighted by molar-refractivity contribution is -0.136. The number of ether oxygens (including phenoxy) is 1. The summed E-state index contributed by atoms with van der Waals surface area (Å²) in [6.45, 7) is 0.865. The van der Waals surface area contributed by atoms with Crippen LogP contribution in [0, 0.1) is 0 Å². The molecule has 0 spiro atoms. The van der Waals surface area contributed by atoms with E-state index in [1.165, 1.54) is 6.07 Å². The molecular formula is C18H16F3N3O2. The summed E-state index contributed by atoms with van der Waals surface area (Å²) >= 11 is 0. The SMILES string of the molecule is Nc1cc(-c2nc3ccccc3o2)cc(C(F)(F)F)c1NC1CCOC1. The van der Waals surface area contributed by atoms with Crippen LogP contribution in [0.25, 0.3) is 22.6 Å². The molecule has 136 valence electrons. The Kier molecular flexibility index (Phi) is 3.99. The zero-order valence-electron chi connectivity index (χ0n) is 13.6. The Hall–Kier alpha value is -2.74. The van der Waals surface area contributed by atoms with Crippen LogP contribution in [0.3, 0.4) is 0 Å². The predicted octanol–water partition coefficient (Wildman–Crippen LogP) is 4.30. The van der Waals surface area contributed by atoms with E-state index in [-0.39, 0.29) is 28.9 Å². The molecule has 0 bridgehead atoms. The number of benzene rings is 2. The van der Waals surface area contributed by atoms with Crippen molar-refractivity contribution in [3.05, 3.63) is 42.0 Å². The molecule has 1 atom stereocenters. The molecule has 3 N–H and O–H groups in total. The molecule has 1 aliphatic heterocycles. The van der Waals surface area contributed by atoms with Gasteiger partial charge in [-0.1, -0.05) is 12.1 Å². The first-order valence-corrected chi connectivity index (χ1v) is 8.13. The molecule has 2 heterocycles. The van der Waals surface area contributed by atoms with Gasteiger partial charge in [-0.05, 0) is 30.7 Å². The summed E-state index contributed by atoms with van der Waals surface area (Å²) < 4.78 is 51.7. The van der Waals surface area contributed by atoms with E-state index in [2.05, 4.69) is 10.3 Å². The second-order valence-corrected chi connectivity index (χ2v) is 6.18. The fraction of sp³-hybridized carbons (Fsp3) is 0.278. The van der Waals surface area contributed by atoms with Crippen molar-refractivity contribution >= 4 is 22.5 Å². The highest BCUT2D eigenvalue weighted by Gasteiger charge is 2.36. The molecule has 1 unspecified atom stereocenters. The van der Waals surface area contributed by atoms with E-state index in [1.54, 1.807) is 24.3 Å². The van der Waals surface area contributed by atoms with E-state index in [4.69, 9.17) is 14.9 Å². The third kappa shape index (κ3) is 3.08. The van der Waals surface area contributed by atoms with E-state index in [0.717, 1.165) is 6.07 Å². The lowest BCUT2D eigenvalue weighted by atomic mass is 10.0. The van der Waals surface area contributed by atoms with E-state index in [0.29, 0.717) is 30.7 Å². The monoisotopic (exact) mass is 363 g/mol. The van der Waals surface area contributed by atoms with E-state index in [9.17, 15) is 13.2 Å². The number of nitrogens with zero attached hydrogens (tertiary/aromatic N) is 1. The summed E-state index contributed by atoms with van der Waals surface area (Å²) in [7, 11) is 0. The Morgan fingerprint density at radius 2 is 2.00 bits per heavy atom. The van der Waals surface area contributed by atoms with Crippen molar-refractivity contribution < 1.29 is 22.3 Å². The fourth-order valence-corrected chi connectivity index (χ4v) is 3.02. The van der Waals surface area contributed by atoms with Crippen LogP contribution in [0.15, 0.2) is 40.8 Å². The molecule has 0 saturated carbocycles. The standard InChI is InChI=1S/C18H16F3N3O2/c19-18(20,21)12-7-10(17-24-14-3-1-2-4-15(14)26-17)8-13(22)16(12)23-11-5-6-25-9-11/h1-4,7-8,11,23H,5-6,9,22H2. The Balaban J connectivity index is 1.80. The maximum atomic E-state index is 13.6. The molecule has 8 heteroatoms. The molecule has 1 saturated heterocycles. The number of fused-ring (bicyclic) bond motifs is 1. The van der Waals surface area contributed by atoms with Gasteiger partial charge in [0.15, 0.2) is 5.58 Å². The van der Waals surface area contributed by atoms with Crippen molar-refractivity contribution in [3.63, 3.8) is 0 Å². The number of nitrogens with two attached hydrogens (primary N) is 1. The van der Waals surface area contributed by atoms with Crippen molar-refractivity contribution in [2.75, 3.05) is 24.3 Å². The van der Waals surface area contributed by atoms with Crippen LogP contribution in [0.4, 0.5) is 24.5 Å². The largest absolute Gasteiger partial charge is 0.436 e. The molecule has 5 nitrogen and oxygen atoms in total. The fourth-order valence-electron chi connectivity index (χ4n) is 3.02. The molecule has 0 radical (unpaired) electrons. The van der Waals surface area contributed by atoms with Gasteiger partial charge in [0.25, 0.3) is 0 Å². The molecule has 1 aliphatic rings. The first kappa shape index (κ1) is 16.7. The van der Waals surface area contributed by atoms with Crippen molar-refractivity contribution in [3.8, 4) is 11.5 Å². The smallest absolute Gasteiger partial charge is 0.418 e. The normalized spacial score (nSPS) is 17.7. The summed E-state index contributed by atoms with van der Waals surface area (Å²) in [6, 6.07) is 9.23. The average Bonchev–Trinajstić information content (AvgIpc) is 3.24. The molecule has 26 heavy (non-hydrogen) atoms. The van der Waals surface area contributed by atoms with Gasteiger partial charge >= 0.3 is 6.18 Å². The minimum Gasteiger partial charge on any atom is -0.436 e. The number of hydrogen-bond acceptors (Lipinski definition) is 5. The predicted molar refractivity (Wildman–Crippen MR) is 91.7 cm³/mol. The molecule has 3 aromatic rings. The van der Waals surface area contributed by atoms with Gasteiger partial charge in [-0.2, -0.15) is 13.2 Å². The third-order valence-electron chi connectivity index (χ3n) is 4.29. The van der Waals surface area contributed by atoms with E-state index < -0.39 is 11.7 Å². The zero-order valence-corrected chi connectivity index (χ0v) is 13.6. The molecular weight excluding hydrogens is 347 g/mol. The van der Waals surface area contributed by atoms with Crippen molar-refractivity contribution in [2.24, 2.45) is 0 Å². The second-order valence-electron chi connectivity index (χ2n) is 6.18. The summed E-state index contributed by atoms with van der Waals surface area (Å²) in [6.07, 6.45) is -3.94. The number of alkyl halides is 3. The Morgan fingerprint density at radius 3 is 2.69 bits per heavy atom. The lowest BCUT2D eigenvalue weighted by Crippen LogP contribution is -2.23. The molecule has 4 rings (SSSR count). The quantitative estimate of drug-likeness (QED) is 0.679. The molecule has 2 aromatic carbocycles. The molecule has 0 amide bonds. The van der Waals surface area contributed by atoms with Gasteiger partial charge in [-0.15, -0.1) is 0 Å². The summed E-state index contributed by atoms with van der Waals surface area (Å²) in [5.41, 5.74) is 6.22. The van der Waals surface area contributed by atoms with Gasteiger partial charge in [-0.3, -0.25) is 0 Å². The number of nitrogen functional groups attached to an aromatic ring is 1. The maximum absolute atomic E-state index is 13.6. The number of para-hydroxylation sites is 2. The zero-order chi connectivity index (χ0) is 18.3. The van der Waals surface area contributed by atoms with Gasteiger partial charge in [0.2, 0.25) is 5.89 Å². The Labute approximate surface area is 147 Å². The van der Waals surface area contributed by atoms with Crippen LogP contribution in [-0.2, 0) is 10.9 Å². The number of rotatable bonds is 3. The molecule has 1 fully saturated rings. The number of oxazole rings is 1. The number of hydrogen-bond donors (Lipinski definition) is 2. The van der Waals surface area contributed by atoms with Gasteiger partial charge in [0, 0.05) is 12.2 Å². The van der Waals surface area contributed by atoms with Crippen molar-refractivity contribution in [1.29, 1.82) is 0 Å². The topological polar surface area (TPSA) is 73.3 Å². The van der Waals surface area contributed by atoms with Crippen LogP contribution in [0.2, 0.25) is 0 Å². The summed E-state index contributed by atoms with van der Waals surface area (Å²) in [4.78, 5) is 4.25. The number of anilines is 2. The Morgan fingerprint density at radius 1 is 1.19 bits per heavy atom. The average molecular weight is 363 g/mol. The van der Waals surface area contributed by atoms with Gasteiger partial charge in [0.05, 0.1) is 29.6 Å². The Bertz CT molecular complexity index is 913. The first-order valence-electron chi connectivity index (χ1n) is 8.13. The highest BCUT2D eigenvalue weighted by atomic mass is 19.4. The first-order chi connectivity index (χ1) is 12.4. The third-order valence-corrected chi connectivity index (χ3v) is 4.29. The van der Waals surface area contributed by atoms with E-state index in [1.807, 2.05) is 0 Å². The number of aromatic nitrogens is 1. The molecule has 0 aliphatic carbocycles. The highest BCUT2D eigenvalue weighted by molar-refractivity contribution is 5.81. The van der Waals surface area contributed by atoms with Crippen LogP contribution >= 0.6 is 0 Å². The van der Waals surface area contributed by atoms with Crippen LogP contribution in [-0.4, -0.2) is 24.2 Å². The maximum Gasteiger partial charge on any atom is 0.418 e. The van der Waals surface area contributed by atoms with E-state index >= 15 is 0 Å². The second kappa shape index (κ2) is 6.21. The van der Waals surface area contributed by atoms with Gasteiger partial charge in [0.1, 0.15) is 5.52 Å². The van der Waals surface area contributed by atoms with Crippen molar-refractivity contribution in [2.45, 2.75) is 18.6 Å². The van der Waals surface area contributed by atoms with Crippen LogP contribution < -0.4 is 11.1 Å². The summed E-state index contributed by atoms with van der Waals surface area (Å²) in [5.74, 6) is 0.0964. The number of nitrogens with one attached hydrogen (secondary N) is 1.